The molecular weight excluding hydrogens is 382 g/mol. The Morgan fingerprint density at radius 3 is 1.24 bits per heavy atom. The maximum absolute atomic E-state index is 2.42. The van der Waals surface area contributed by atoms with Crippen molar-refractivity contribution in [3.63, 3.8) is 0 Å². The molecule has 0 spiro atoms. The van der Waals surface area contributed by atoms with Crippen LogP contribution in [-0.4, -0.2) is 22.6 Å². The molecule has 2 heterocycles. The summed E-state index contributed by atoms with van der Waals surface area (Å²) in [5.41, 5.74) is 3.82. The Morgan fingerprint density at radius 2 is 1.00 bits per heavy atom. The second-order valence-electron chi connectivity index (χ2n) is 7.65. The SMILES string of the molecule is C[C@@H]1CC[C@@H](C)P1c1ccc[cH-]1.C[C@@H]1CC[C@@H](C)P1c1ccc[cH-]1.[Fe+2]. The minimum absolute atomic E-state index is 0. The summed E-state index contributed by atoms with van der Waals surface area (Å²) in [5, 5.41) is 3.25. The standard InChI is InChI=1S/2C11H16P.Fe/c2*1-9-7-8-10(2)12(9)11-5-3-4-6-11;/h2*3-6,9-10H,7-8H2,1-2H3;/q2*-1;+2/t2*9-,10-;/m11./s1. The molecule has 0 amide bonds. The van der Waals surface area contributed by atoms with Crippen molar-refractivity contribution in [3.8, 4) is 0 Å². The van der Waals surface area contributed by atoms with Crippen molar-refractivity contribution < 1.29 is 17.1 Å². The molecule has 2 aliphatic heterocycles. The van der Waals surface area contributed by atoms with Gasteiger partial charge in [0.15, 0.2) is 0 Å². The fourth-order valence-corrected chi connectivity index (χ4v) is 11.0. The first-order valence-electron chi connectivity index (χ1n) is 9.58. The third-order valence-electron chi connectivity index (χ3n) is 5.79. The molecule has 0 nitrogen and oxygen atoms in total. The van der Waals surface area contributed by atoms with Gasteiger partial charge in [0.25, 0.3) is 0 Å². The summed E-state index contributed by atoms with van der Waals surface area (Å²) in [5.74, 6) is 0. The van der Waals surface area contributed by atoms with E-state index in [1.807, 2.05) is 0 Å². The van der Waals surface area contributed by atoms with Crippen molar-refractivity contribution in [2.24, 2.45) is 0 Å². The smallest absolute Gasteiger partial charge is 0.213 e. The van der Waals surface area contributed by atoms with Gasteiger partial charge in [-0.1, -0.05) is 43.5 Å². The third-order valence-corrected chi connectivity index (χ3v) is 12.4. The molecule has 3 heteroatoms. The van der Waals surface area contributed by atoms with Crippen molar-refractivity contribution in [2.45, 2.75) is 76.0 Å². The van der Waals surface area contributed by atoms with E-state index >= 15 is 0 Å². The summed E-state index contributed by atoms with van der Waals surface area (Å²) in [6.45, 7) is 9.68. The van der Waals surface area contributed by atoms with Gasteiger partial charge in [0, 0.05) is 0 Å². The van der Waals surface area contributed by atoms with Gasteiger partial charge in [-0.25, -0.2) is 24.3 Å². The van der Waals surface area contributed by atoms with Gasteiger partial charge in [0.05, 0.1) is 0 Å². The molecule has 2 aromatic rings. The monoisotopic (exact) mass is 414 g/mol. The van der Waals surface area contributed by atoms with Crippen LogP contribution < -0.4 is 10.6 Å². The minimum atomic E-state index is 0. The second kappa shape index (κ2) is 9.85. The van der Waals surface area contributed by atoms with Crippen LogP contribution in [0.1, 0.15) is 53.4 Å². The summed E-state index contributed by atoms with van der Waals surface area (Å²) in [6, 6.07) is 17.9. The van der Waals surface area contributed by atoms with Crippen LogP contribution >= 0.6 is 15.8 Å². The molecule has 2 aromatic carbocycles. The van der Waals surface area contributed by atoms with Crippen LogP contribution in [0, 0.1) is 0 Å². The maximum Gasteiger partial charge on any atom is 2.00 e. The van der Waals surface area contributed by atoms with Crippen LogP contribution in [0.15, 0.2) is 48.5 Å². The second-order valence-corrected chi connectivity index (χ2v) is 13.8. The summed E-state index contributed by atoms with van der Waals surface area (Å²) in [4.78, 5) is 0. The Labute approximate surface area is 167 Å². The predicted octanol–water partition coefficient (Wildman–Crippen LogP) is 6.16. The molecule has 0 bridgehead atoms. The van der Waals surface area contributed by atoms with Crippen LogP contribution in [0.4, 0.5) is 0 Å². The van der Waals surface area contributed by atoms with E-state index in [1.165, 1.54) is 25.7 Å². The van der Waals surface area contributed by atoms with Crippen LogP contribution in [0.25, 0.3) is 0 Å². The average molecular weight is 414 g/mol. The first kappa shape index (κ1) is 21.4. The van der Waals surface area contributed by atoms with Crippen molar-refractivity contribution >= 4 is 26.5 Å². The summed E-state index contributed by atoms with van der Waals surface area (Å²) >= 11 is 0. The Balaban J connectivity index is 0.000000173. The molecule has 0 saturated carbocycles. The molecule has 0 aliphatic carbocycles. The van der Waals surface area contributed by atoms with Crippen LogP contribution in [-0.2, 0) is 17.1 Å². The Morgan fingerprint density at radius 1 is 0.680 bits per heavy atom. The van der Waals surface area contributed by atoms with Crippen molar-refractivity contribution in [1.29, 1.82) is 0 Å². The fraction of sp³-hybridized carbons (Fsp3) is 0.545. The van der Waals surface area contributed by atoms with E-state index in [0.29, 0.717) is 0 Å². The number of rotatable bonds is 2. The van der Waals surface area contributed by atoms with E-state index < -0.39 is 0 Å². The molecular formula is C22H32FeP2. The van der Waals surface area contributed by atoms with E-state index in [2.05, 4.69) is 76.2 Å². The van der Waals surface area contributed by atoms with Gasteiger partial charge in [-0.05, 0) is 48.3 Å². The predicted molar refractivity (Wildman–Crippen MR) is 113 cm³/mol. The molecule has 2 fully saturated rings. The Kier molecular flexibility index (Phi) is 8.43. The van der Waals surface area contributed by atoms with Crippen LogP contribution in [0.3, 0.4) is 0 Å². The molecule has 138 valence electrons. The zero-order chi connectivity index (χ0) is 17.1. The molecule has 0 aromatic heterocycles. The van der Waals surface area contributed by atoms with Gasteiger partial charge >= 0.3 is 17.1 Å². The largest absolute Gasteiger partial charge is 2.00 e. The van der Waals surface area contributed by atoms with Crippen LogP contribution in [0.2, 0.25) is 0 Å². The zero-order valence-corrected chi connectivity index (χ0v) is 18.9. The van der Waals surface area contributed by atoms with Gasteiger partial charge in [0.1, 0.15) is 0 Å². The molecule has 0 unspecified atom stereocenters. The number of hydrogen-bond acceptors (Lipinski definition) is 0. The summed E-state index contributed by atoms with van der Waals surface area (Å²) in [7, 11) is 0.349. The molecule has 0 N–H and O–H groups in total. The summed E-state index contributed by atoms with van der Waals surface area (Å²) < 4.78 is 0. The zero-order valence-electron chi connectivity index (χ0n) is 16.0. The van der Waals surface area contributed by atoms with Crippen molar-refractivity contribution in [3.05, 3.63) is 48.5 Å². The Hall–Kier alpha value is 0.0795. The van der Waals surface area contributed by atoms with E-state index in [-0.39, 0.29) is 32.9 Å². The normalized spacial score (nSPS) is 29.9. The van der Waals surface area contributed by atoms with E-state index in [1.54, 1.807) is 10.6 Å². The molecule has 25 heavy (non-hydrogen) atoms. The minimum Gasteiger partial charge on any atom is -0.213 e. The molecule has 2 saturated heterocycles. The number of hydrogen-bond donors (Lipinski definition) is 0. The maximum atomic E-state index is 2.42. The Bertz CT molecular complexity index is 515. The van der Waals surface area contributed by atoms with Gasteiger partial charge < -0.3 is 0 Å². The van der Waals surface area contributed by atoms with Crippen molar-refractivity contribution in [2.75, 3.05) is 0 Å². The van der Waals surface area contributed by atoms with Crippen LogP contribution in [0.5, 0.6) is 0 Å². The fourth-order valence-electron chi connectivity index (χ4n) is 4.48. The molecule has 0 radical (unpaired) electrons. The topological polar surface area (TPSA) is 0 Å². The van der Waals surface area contributed by atoms with Crippen molar-refractivity contribution in [1.82, 2.24) is 0 Å². The first-order valence-corrected chi connectivity index (χ1v) is 12.5. The molecule has 4 rings (SSSR count). The first-order chi connectivity index (χ1) is 11.6. The van der Waals surface area contributed by atoms with Gasteiger partial charge in [-0.15, -0.1) is 10.6 Å². The average Bonchev–Trinajstić information content (AvgIpc) is 3.31. The quantitative estimate of drug-likeness (QED) is 0.314. The molecule has 4 atom stereocenters. The third kappa shape index (κ3) is 5.08. The summed E-state index contributed by atoms with van der Waals surface area (Å²) in [6.07, 6.45) is 5.77. The van der Waals surface area contributed by atoms with Gasteiger partial charge in [0.2, 0.25) is 0 Å². The van der Waals surface area contributed by atoms with Gasteiger partial charge in [-0.2, -0.15) is 24.3 Å². The van der Waals surface area contributed by atoms with E-state index in [9.17, 15) is 0 Å². The molecule has 2 aliphatic rings. The van der Waals surface area contributed by atoms with Gasteiger partial charge in [-0.3, -0.25) is 0 Å². The van der Waals surface area contributed by atoms with E-state index in [0.717, 1.165) is 22.6 Å². The van der Waals surface area contributed by atoms with E-state index in [4.69, 9.17) is 0 Å².